The van der Waals surface area contributed by atoms with Crippen LogP contribution in [0.25, 0.3) is 0 Å². The second kappa shape index (κ2) is 9.74. The van der Waals surface area contributed by atoms with Gasteiger partial charge < -0.3 is 14.8 Å². The lowest BCUT2D eigenvalue weighted by molar-refractivity contribution is -0.118. The van der Waals surface area contributed by atoms with Gasteiger partial charge in [0.05, 0.1) is 19.1 Å². The van der Waals surface area contributed by atoms with Gasteiger partial charge in [-0.1, -0.05) is 13.8 Å². The van der Waals surface area contributed by atoms with E-state index in [1.807, 2.05) is 0 Å². The lowest BCUT2D eigenvalue weighted by atomic mass is 10.2. The highest BCUT2D eigenvalue weighted by Crippen LogP contribution is 2.30. The van der Waals surface area contributed by atoms with E-state index < -0.39 is 10.0 Å². The fourth-order valence-corrected chi connectivity index (χ4v) is 3.94. The zero-order valence-electron chi connectivity index (χ0n) is 15.5. The van der Waals surface area contributed by atoms with Crippen molar-refractivity contribution in [2.75, 3.05) is 32.1 Å². The van der Waals surface area contributed by atoms with Crippen LogP contribution >= 0.6 is 0 Å². The Balaban J connectivity index is 3.20. The average Bonchev–Trinajstić information content (AvgIpc) is 2.57. The zero-order chi connectivity index (χ0) is 19.0. The van der Waals surface area contributed by atoms with E-state index in [1.165, 1.54) is 17.5 Å². The Labute approximate surface area is 150 Å². The predicted octanol–water partition coefficient (Wildman–Crippen LogP) is 2.48. The van der Waals surface area contributed by atoms with Crippen molar-refractivity contribution in [3.8, 4) is 5.75 Å². The predicted molar refractivity (Wildman–Crippen MR) is 97.4 cm³/mol. The lowest BCUT2D eigenvalue weighted by Crippen LogP contribution is -2.31. The molecule has 0 bridgehead atoms. The first-order valence-electron chi connectivity index (χ1n) is 8.39. The molecular weight excluding hydrogens is 344 g/mol. The van der Waals surface area contributed by atoms with Crippen LogP contribution in [0.4, 0.5) is 5.69 Å². The van der Waals surface area contributed by atoms with Crippen LogP contribution in [0.1, 0.15) is 34.1 Å². The lowest BCUT2D eigenvalue weighted by Gasteiger charge is -2.21. The number of rotatable bonds is 10. The SMILES string of the molecule is CCOc1ccc(NC(=O)CC(C)OC)cc1S(=O)(=O)N(CC)CC. The Bertz CT molecular complexity index is 672. The molecule has 0 saturated heterocycles. The van der Waals surface area contributed by atoms with E-state index in [2.05, 4.69) is 5.32 Å². The number of carbonyl (C=O) groups is 1. The standard InChI is InChI=1S/C17H28N2O5S/c1-6-19(7-2)25(21,22)16-12-14(9-10-15(16)24-8-3)18-17(20)11-13(4)23-5/h9-10,12-13H,6-8,11H2,1-5H3,(H,18,20). The molecule has 0 aliphatic carbocycles. The topological polar surface area (TPSA) is 84.9 Å². The van der Waals surface area contributed by atoms with Gasteiger partial charge in [-0.3, -0.25) is 4.79 Å². The quantitative estimate of drug-likeness (QED) is 0.682. The van der Waals surface area contributed by atoms with Crippen molar-refractivity contribution in [1.82, 2.24) is 4.31 Å². The molecule has 0 saturated carbocycles. The molecule has 0 fully saturated rings. The Morgan fingerprint density at radius 1 is 1.24 bits per heavy atom. The third-order valence-electron chi connectivity index (χ3n) is 3.73. The van der Waals surface area contributed by atoms with Crippen LogP contribution in [0.2, 0.25) is 0 Å². The third-order valence-corrected chi connectivity index (χ3v) is 5.80. The van der Waals surface area contributed by atoms with Gasteiger partial charge in [-0.05, 0) is 32.0 Å². The number of nitrogens with zero attached hydrogens (tertiary/aromatic N) is 1. The van der Waals surface area contributed by atoms with Crippen molar-refractivity contribution >= 4 is 21.6 Å². The molecule has 1 unspecified atom stereocenters. The van der Waals surface area contributed by atoms with Gasteiger partial charge in [0.2, 0.25) is 15.9 Å². The van der Waals surface area contributed by atoms with Gasteiger partial charge in [-0.15, -0.1) is 0 Å². The van der Waals surface area contributed by atoms with Crippen molar-refractivity contribution in [3.05, 3.63) is 18.2 Å². The first-order valence-corrected chi connectivity index (χ1v) is 9.83. The summed E-state index contributed by atoms with van der Waals surface area (Å²) in [5.41, 5.74) is 0.405. The number of benzene rings is 1. The van der Waals surface area contributed by atoms with E-state index in [0.29, 0.717) is 25.4 Å². The van der Waals surface area contributed by atoms with Crippen molar-refractivity contribution in [2.24, 2.45) is 0 Å². The molecule has 1 N–H and O–H groups in total. The van der Waals surface area contributed by atoms with Crippen molar-refractivity contribution < 1.29 is 22.7 Å². The molecule has 1 atom stereocenters. The normalized spacial score (nSPS) is 12.9. The van der Waals surface area contributed by atoms with Crippen LogP contribution in [0, 0.1) is 0 Å². The molecule has 1 aromatic carbocycles. The molecule has 0 aliphatic heterocycles. The Hall–Kier alpha value is -1.64. The summed E-state index contributed by atoms with van der Waals surface area (Å²) in [6, 6.07) is 4.63. The fraction of sp³-hybridized carbons (Fsp3) is 0.588. The van der Waals surface area contributed by atoms with E-state index >= 15 is 0 Å². The maximum absolute atomic E-state index is 12.9. The Kier molecular flexibility index (Phi) is 8.34. The second-order valence-electron chi connectivity index (χ2n) is 5.48. The van der Waals surface area contributed by atoms with Gasteiger partial charge in [0.25, 0.3) is 0 Å². The van der Waals surface area contributed by atoms with E-state index in [0.717, 1.165) is 0 Å². The number of anilines is 1. The first-order chi connectivity index (χ1) is 11.8. The maximum Gasteiger partial charge on any atom is 0.246 e. The molecule has 1 amide bonds. The van der Waals surface area contributed by atoms with E-state index in [1.54, 1.807) is 39.8 Å². The van der Waals surface area contributed by atoms with Crippen LogP contribution in [-0.4, -0.2) is 51.5 Å². The molecule has 1 aromatic rings. The van der Waals surface area contributed by atoms with Crippen LogP contribution in [0.15, 0.2) is 23.1 Å². The monoisotopic (exact) mass is 372 g/mol. The minimum absolute atomic E-state index is 0.0515. The number of ether oxygens (including phenoxy) is 2. The molecule has 0 aromatic heterocycles. The molecular formula is C17H28N2O5S. The Morgan fingerprint density at radius 2 is 1.88 bits per heavy atom. The van der Waals surface area contributed by atoms with Crippen LogP contribution < -0.4 is 10.1 Å². The second-order valence-corrected chi connectivity index (χ2v) is 7.39. The minimum Gasteiger partial charge on any atom is -0.492 e. The summed E-state index contributed by atoms with van der Waals surface area (Å²) in [4.78, 5) is 12.1. The van der Waals surface area contributed by atoms with E-state index in [9.17, 15) is 13.2 Å². The molecule has 0 radical (unpaired) electrons. The number of carbonyl (C=O) groups excluding carboxylic acids is 1. The number of nitrogens with one attached hydrogen (secondary N) is 1. The molecule has 25 heavy (non-hydrogen) atoms. The zero-order valence-corrected chi connectivity index (χ0v) is 16.4. The van der Waals surface area contributed by atoms with E-state index in [4.69, 9.17) is 9.47 Å². The number of hydrogen-bond acceptors (Lipinski definition) is 5. The number of methoxy groups -OCH3 is 1. The van der Waals surface area contributed by atoms with Crippen LogP contribution in [0.3, 0.4) is 0 Å². The van der Waals surface area contributed by atoms with Gasteiger partial charge in [0, 0.05) is 25.9 Å². The van der Waals surface area contributed by atoms with Crippen molar-refractivity contribution in [1.29, 1.82) is 0 Å². The number of sulfonamides is 1. The van der Waals surface area contributed by atoms with Gasteiger partial charge in [0.15, 0.2) is 0 Å². The average molecular weight is 372 g/mol. The summed E-state index contributed by atoms with van der Waals surface area (Å²) in [6.45, 7) is 8.18. The van der Waals surface area contributed by atoms with Gasteiger partial charge in [-0.2, -0.15) is 4.31 Å². The van der Waals surface area contributed by atoms with Crippen LogP contribution in [-0.2, 0) is 19.6 Å². The van der Waals surface area contributed by atoms with E-state index in [-0.39, 0.29) is 29.1 Å². The maximum atomic E-state index is 12.9. The summed E-state index contributed by atoms with van der Waals surface area (Å²) < 4.78 is 37.6. The largest absolute Gasteiger partial charge is 0.492 e. The van der Waals surface area contributed by atoms with Gasteiger partial charge in [0.1, 0.15) is 10.6 Å². The summed E-state index contributed by atoms with van der Waals surface area (Å²) in [6.07, 6.45) is -0.0384. The molecule has 0 spiro atoms. The highest BCUT2D eigenvalue weighted by molar-refractivity contribution is 7.89. The van der Waals surface area contributed by atoms with Gasteiger partial charge >= 0.3 is 0 Å². The molecule has 0 aliphatic rings. The molecule has 0 heterocycles. The smallest absolute Gasteiger partial charge is 0.246 e. The number of amides is 1. The summed E-state index contributed by atoms with van der Waals surface area (Å²) in [5.74, 6) is 0.0300. The molecule has 1 rings (SSSR count). The summed E-state index contributed by atoms with van der Waals surface area (Å²) in [7, 11) is -2.18. The molecule has 8 heteroatoms. The third kappa shape index (κ3) is 5.69. The molecule has 7 nitrogen and oxygen atoms in total. The highest BCUT2D eigenvalue weighted by atomic mass is 32.2. The summed E-state index contributed by atoms with van der Waals surface area (Å²) in [5, 5.41) is 2.71. The minimum atomic E-state index is -3.71. The summed E-state index contributed by atoms with van der Waals surface area (Å²) >= 11 is 0. The fourth-order valence-electron chi connectivity index (χ4n) is 2.32. The van der Waals surface area contributed by atoms with Crippen molar-refractivity contribution in [3.63, 3.8) is 0 Å². The molecule has 142 valence electrons. The van der Waals surface area contributed by atoms with Gasteiger partial charge in [-0.25, -0.2) is 8.42 Å². The Morgan fingerprint density at radius 3 is 2.40 bits per heavy atom. The van der Waals surface area contributed by atoms with Crippen LogP contribution in [0.5, 0.6) is 5.75 Å². The first kappa shape index (κ1) is 21.4. The number of hydrogen-bond donors (Lipinski definition) is 1. The van der Waals surface area contributed by atoms with Crippen molar-refractivity contribution in [2.45, 2.75) is 45.1 Å². The highest BCUT2D eigenvalue weighted by Gasteiger charge is 2.26.